The number of benzene rings is 1. The van der Waals surface area contributed by atoms with Crippen molar-refractivity contribution in [3.05, 3.63) is 53.8 Å². The number of halogens is 1. The summed E-state index contributed by atoms with van der Waals surface area (Å²) in [5.41, 5.74) is 0.680. The Morgan fingerprint density at radius 2 is 2.06 bits per heavy atom. The van der Waals surface area contributed by atoms with Crippen molar-refractivity contribution in [2.24, 2.45) is 0 Å². The zero-order valence-electron chi connectivity index (χ0n) is 9.47. The number of rotatable bonds is 4. The molecule has 1 aromatic carbocycles. The number of ether oxygens (including phenoxy) is 1. The number of hydrogen-bond acceptors (Lipinski definition) is 3. The fourth-order valence-electron chi connectivity index (χ4n) is 1.31. The normalized spacial score (nSPS) is 9.83. The first-order valence-corrected chi connectivity index (χ1v) is 5.70. The molecule has 0 unspecified atom stereocenters. The van der Waals surface area contributed by atoms with Gasteiger partial charge in [-0.2, -0.15) is 0 Å². The van der Waals surface area contributed by atoms with E-state index in [4.69, 9.17) is 16.3 Å². The lowest BCUT2D eigenvalue weighted by Gasteiger charge is -2.07. The van der Waals surface area contributed by atoms with Gasteiger partial charge in [-0.3, -0.25) is 9.78 Å². The van der Waals surface area contributed by atoms with Crippen LogP contribution in [0, 0.1) is 0 Å². The van der Waals surface area contributed by atoms with Crippen LogP contribution in [0.4, 0.5) is 5.69 Å². The van der Waals surface area contributed by atoms with Gasteiger partial charge in [0.25, 0.3) is 5.91 Å². The second-order valence-electron chi connectivity index (χ2n) is 3.53. The molecule has 0 fully saturated rings. The lowest BCUT2D eigenvalue weighted by atomic mass is 10.3. The van der Waals surface area contributed by atoms with E-state index in [0.717, 1.165) is 0 Å². The Hall–Kier alpha value is -2.07. The van der Waals surface area contributed by atoms with Crippen molar-refractivity contribution in [2.75, 3.05) is 11.9 Å². The summed E-state index contributed by atoms with van der Waals surface area (Å²) in [5.74, 6) is 0.324. The van der Waals surface area contributed by atoms with Crippen LogP contribution in [0.2, 0.25) is 5.02 Å². The predicted molar refractivity (Wildman–Crippen MR) is 69.8 cm³/mol. The fourth-order valence-corrected chi connectivity index (χ4v) is 1.44. The van der Waals surface area contributed by atoms with Crippen molar-refractivity contribution in [3.8, 4) is 5.75 Å². The standard InChI is InChI=1S/C13H11ClN2O2/c14-10-3-5-11(6-4-10)16-13(17)9-18-12-2-1-7-15-8-12/h1-8H,9H2,(H,16,17). The van der Waals surface area contributed by atoms with E-state index in [0.29, 0.717) is 16.5 Å². The molecule has 0 aliphatic heterocycles. The van der Waals surface area contributed by atoms with Crippen LogP contribution in [0.1, 0.15) is 0 Å². The Labute approximate surface area is 110 Å². The van der Waals surface area contributed by atoms with Gasteiger partial charge in [-0.1, -0.05) is 11.6 Å². The van der Waals surface area contributed by atoms with E-state index in [1.54, 1.807) is 48.8 Å². The number of aromatic nitrogens is 1. The molecule has 0 atom stereocenters. The SMILES string of the molecule is O=C(COc1cccnc1)Nc1ccc(Cl)cc1. The van der Waals surface area contributed by atoms with Crippen molar-refractivity contribution in [1.29, 1.82) is 0 Å². The molecule has 2 rings (SSSR count). The van der Waals surface area contributed by atoms with Crippen molar-refractivity contribution >= 4 is 23.2 Å². The largest absolute Gasteiger partial charge is 0.482 e. The number of anilines is 1. The summed E-state index contributed by atoms with van der Waals surface area (Å²) in [6.45, 7) is -0.0612. The van der Waals surface area contributed by atoms with E-state index < -0.39 is 0 Å². The highest BCUT2D eigenvalue weighted by atomic mass is 35.5. The predicted octanol–water partition coefficient (Wildman–Crippen LogP) is 2.75. The van der Waals surface area contributed by atoms with E-state index in [1.807, 2.05) is 0 Å². The first kappa shape index (κ1) is 12.4. The average molecular weight is 263 g/mol. The Morgan fingerprint density at radius 1 is 1.28 bits per heavy atom. The van der Waals surface area contributed by atoms with Gasteiger partial charge in [-0.05, 0) is 36.4 Å². The Bertz CT molecular complexity index is 514. The number of carbonyl (C=O) groups excluding carboxylic acids is 1. The first-order valence-electron chi connectivity index (χ1n) is 5.32. The maximum Gasteiger partial charge on any atom is 0.262 e. The Morgan fingerprint density at radius 3 is 2.72 bits per heavy atom. The van der Waals surface area contributed by atoms with Crippen LogP contribution in [0.3, 0.4) is 0 Å². The molecule has 2 aromatic rings. The van der Waals surface area contributed by atoms with Gasteiger partial charge in [-0.25, -0.2) is 0 Å². The van der Waals surface area contributed by atoms with Crippen LogP contribution in [-0.4, -0.2) is 17.5 Å². The quantitative estimate of drug-likeness (QED) is 0.922. The van der Waals surface area contributed by atoms with Crippen LogP contribution in [0.15, 0.2) is 48.8 Å². The molecule has 0 spiro atoms. The molecule has 0 radical (unpaired) electrons. The number of pyridine rings is 1. The molecule has 5 heteroatoms. The number of carbonyl (C=O) groups is 1. The second-order valence-corrected chi connectivity index (χ2v) is 3.97. The summed E-state index contributed by atoms with van der Waals surface area (Å²) in [4.78, 5) is 15.5. The molecule has 18 heavy (non-hydrogen) atoms. The highest BCUT2D eigenvalue weighted by Gasteiger charge is 2.03. The third kappa shape index (κ3) is 3.75. The summed E-state index contributed by atoms with van der Waals surface area (Å²) in [6.07, 6.45) is 3.19. The molecule has 92 valence electrons. The highest BCUT2D eigenvalue weighted by Crippen LogP contribution is 2.13. The molecule has 0 bridgehead atoms. The lowest BCUT2D eigenvalue weighted by molar-refractivity contribution is -0.118. The zero-order chi connectivity index (χ0) is 12.8. The van der Waals surface area contributed by atoms with Gasteiger partial charge in [0.1, 0.15) is 5.75 Å². The maximum absolute atomic E-state index is 11.6. The van der Waals surface area contributed by atoms with Crippen LogP contribution >= 0.6 is 11.6 Å². The third-order valence-electron chi connectivity index (χ3n) is 2.13. The number of nitrogens with one attached hydrogen (secondary N) is 1. The van der Waals surface area contributed by atoms with Gasteiger partial charge < -0.3 is 10.1 Å². The monoisotopic (exact) mass is 262 g/mol. The summed E-state index contributed by atoms with van der Waals surface area (Å²) in [6, 6.07) is 10.3. The molecular weight excluding hydrogens is 252 g/mol. The Balaban J connectivity index is 1.84. The molecule has 0 saturated heterocycles. The minimum Gasteiger partial charge on any atom is -0.482 e. The fraction of sp³-hybridized carbons (Fsp3) is 0.0769. The molecule has 1 aromatic heterocycles. The van der Waals surface area contributed by atoms with Crippen molar-refractivity contribution in [3.63, 3.8) is 0 Å². The first-order chi connectivity index (χ1) is 8.74. The van der Waals surface area contributed by atoms with E-state index in [1.165, 1.54) is 0 Å². The van der Waals surface area contributed by atoms with Gasteiger partial charge in [0, 0.05) is 16.9 Å². The van der Waals surface area contributed by atoms with E-state index >= 15 is 0 Å². The minimum atomic E-state index is -0.235. The average Bonchev–Trinajstić information content (AvgIpc) is 2.40. The van der Waals surface area contributed by atoms with Crippen molar-refractivity contribution in [2.45, 2.75) is 0 Å². The van der Waals surface area contributed by atoms with Crippen LogP contribution in [-0.2, 0) is 4.79 Å². The topological polar surface area (TPSA) is 51.2 Å². The van der Waals surface area contributed by atoms with Gasteiger partial charge in [0.15, 0.2) is 6.61 Å². The van der Waals surface area contributed by atoms with E-state index in [9.17, 15) is 4.79 Å². The smallest absolute Gasteiger partial charge is 0.262 e. The zero-order valence-corrected chi connectivity index (χ0v) is 10.2. The van der Waals surface area contributed by atoms with Crippen molar-refractivity contribution < 1.29 is 9.53 Å². The molecule has 0 saturated carbocycles. The number of hydrogen-bond donors (Lipinski definition) is 1. The number of nitrogens with zero attached hydrogens (tertiary/aromatic N) is 1. The second kappa shape index (κ2) is 6.02. The highest BCUT2D eigenvalue weighted by molar-refractivity contribution is 6.30. The van der Waals surface area contributed by atoms with Gasteiger partial charge >= 0.3 is 0 Å². The molecule has 1 heterocycles. The van der Waals surface area contributed by atoms with Gasteiger partial charge in [0.2, 0.25) is 0 Å². The molecule has 0 aliphatic carbocycles. The summed E-state index contributed by atoms with van der Waals surface area (Å²) < 4.78 is 5.26. The summed E-state index contributed by atoms with van der Waals surface area (Å²) >= 11 is 5.75. The minimum absolute atomic E-state index is 0.0612. The maximum atomic E-state index is 11.6. The summed E-state index contributed by atoms with van der Waals surface area (Å²) in [7, 11) is 0. The molecule has 1 amide bonds. The van der Waals surface area contributed by atoms with E-state index in [-0.39, 0.29) is 12.5 Å². The molecular formula is C13H11ClN2O2. The molecule has 4 nitrogen and oxygen atoms in total. The van der Waals surface area contributed by atoms with Gasteiger partial charge in [0.05, 0.1) is 6.20 Å². The lowest BCUT2D eigenvalue weighted by Crippen LogP contribution is -2.20. The van der Waals surface area contributed by atoms with Gasteiger partial charge in [-0.15, -0.1) is 0 Å². The van der Waals surface area contributed by atoms with Crippen LogP contribution in [0.5, 0.6) is 5.75 Å². The number of amides is 1. The summed E-state index contributed by atoms with van der Waals surface area (Å²) in [5, 5.41) is 3.32. The van der Waals surface area contributed by atoms with Crippen LogP contribution in [0.25, 0.3) is 0 Å². The molecule has 0 aliphatic rings. The van der Waals surface area contributed by atoms with E-state index in [2.05, 4.69) is 10.3 Å². The third-order valence-corrected chi connectivity index (χ3v) is 2.38. The molecule has 1 N–H and O–H groups in total. The Kier molecular flexibility index (Phi) is 4.15. The van der Waals surface area contributed by atoms with Crippen molar-refractivity contribution in [1.82, 2.24) is 4.98 Å². The van der Waals surface area contributed by atoms with Crippen LogP contribution < -0.4 is 10.1 Å².